The van der Waals surface area contributed by atoms with E-state index in [9.17, 15) is 0 Å². The first-order valence-corrected chi connectivity index (χ1v) is 17.5. The van der Waals surface area contributed by atoms with Gasteiger partial charge in [0, 0.05) is 44.3 Å². The Morgan fingerprint density at radius 3 is 1.22 bits per heavy atom. The van der Waals surface area contributed by atoms with E-state index in [2.05, 4.69) is 214 Å². The smallest absolute Gasteiger partial charge is 0.0662 e. The van der Waals surface area contributed by atoms with Crippen molar-refractivity contribution in [1.29, 1.82) is 0 Å². The molecule has 0 radical (unpaired) electrons. The fraction of sp³-hybridized carbons (Fsp3) is 0. The minimum Gasteiger partial charge on any atom is -0.309 e. The van der Waals surface area contributed by atoms with Gasteiger partial charge in [0.2, 0.25) is 0 Å². The first-order chi connectivity index (χ1) is 25.3. The summed E-state index contributed by atoms with van der Waals surface area (Å²) in [6.07, 6.45) is 0. The highest BCUT2D eigenvalue weighted by atomic mass is 15.2. The monoisotopic (exact) mass is 651 g/mol. The molecule has 0 saturated heterocycles. The summed E-state index contributed by atoms with van der Waals surface area (Å²) >= 11 is 0. The highest BCUT2D eigenvalue weighted by Crippen LogP contribution is 2.51. The van der Waals surface area contributed by atoms with Crippen LogP contribution in [0.3, 0.4) is 0 Å². The van der Waals surface area contributed by atoms with Crippen LogP contribution in [0.1, 0.15) is 0 Å². The van der Waals surface area contributed by atoms with Gasteiger partial charge in [-0.05, 0) is 77.9 Å². The van der Waals surface area contributed by atoms with Gasteiger partial charge in [-0.3, -0.25) is 0 Å². The normalized spacial score (nSPS) is 11.5. The van der Waals surface area contributed by atoms with Crippen molar-refractivity contribution >= 4 is 60.7 Å². The van der Waals surface area contributed by atoms with Crippen molar-refractivity contribution in [3.63, 3.8) is 0 Å². The molecule has 0 amide bonds. The summed E-state index contributed by atoms with van der Waals surface area (Å²) in [4.78, 5) is 2.48. The molecule has 51 heavy (non-hydrogen) atoms. The first-order valence-electron chi connectivity index (χ1n) is 17.5. The van der Waals surface area contributed by atoms with E-state index in [1.165, 1.54) is 43.7 Å². The van der Waals surface area contributed by atoms with Crippen molar-refractivity contribution in [3.8, 4) is 22.5 Å². The fourth-order valence-electron chi connectivity index (χ4n) is 7.90. The number of para-hydroxylation sites is 5. The number of hydrogen-bond donors (Lipinski definition) is 0. The Morgan fingerprint density at radius 2 is 0.706 bits per heavy atom. The molecule has 3 nitrogen and oxygen atoms in total. The van der Waals surface area contributed by atoms with Crippen LogP contribution < -0.4 is 4.90 Å². The molecule has 0 unspecified atom stereocenters. The van der Waals surface area contributed by atoms with E-state index in [4.69, 9.17) is 0 Å². The largest absolute Gasteiger partial charge is 0.309 e. The summed E-state index contributed by atoms with van der Waals surface area (Å²) < 4.78 is 4.87. The Balaban J connectivity index is 1.41. The number of hydrogen-bond acceptors (Lipinski definition) is 1. The molecule has 240 valence electrons. The Kier molecular flexibility index (Phi) is 6.81. The zero-order valence-corrected chi connectivity index (χ0v) is 27.9. The minimum absolute atomic E-state index is 1.10. The lowest BCUT2D eigenvalue weighted by Gasteiger charge is -2.28. The molecule has 0 N–H and O–H groups in total. The Morgan fingerprint density at radius 1 is 0.314 bits per heavy atom. The number of nitrogens with zero attached hydrogens (tertiary/aromatic N) is 3. The third-order valence-corrected chi connectivity index (χ3v) is 10.1. The molecule has 0 fully saturated rings. The zero-order valence-electron chi connectivity index (χ0n) is 27.9. The average Bonchev–Trinajstić information content (AvgIpc) is 3.72. The average molecular weight is 652 g/mol. The fourth-order valence-corrected chi connectivity index (χ4v) is 7.90. The van der Waals surface area contributed by atoms with Gasteiger partial charge in [0.1, 0.15) is 0 Å². The van der Waals surface area contributed by atoms with Crippen LogP contribution in [-0.2, 0) is 0 Å². The van der Waals surface area contributed by atoms with Crippen LogP contribution in [-0.4, -0.2) is 9.13 Å². The third-order valence-electron chi connectivity index (χ3n) is 10.1. The van der Waals surface area contributed by atoms with Gasteiger partial charge >= 0.3 is 0 Å². The predicted octanol–water partition coefficient (Wildman–Crippen LogP) is 13.0. The number of anilines is 3. The van der Waals surface area contributed by atoms with Crippen molar-refractivity contribution in [2.45, 2.75) is 0 Å². The van der Waals surface area contributed by atoms with Gasteiger partial charge in [-0.25, -0.2) is 0 Å². The molecule has 8 aromatic carbocycles. The maximum atomic E-state index is 2.48. The van der Waals surface area contributed by atoms with Crippen LogP contribution >= 0.6 is 0 Å². The van der Waals surface area contributed by atoms with E-state index in [0.717, 1.165) is 39.5 Å². The van der Waals surface area contributed by atoms with Crippen LogP contribution in [0.5, 0.6) is 0 Å². The number of rotatable bonds is 6. The molecule has 0 spiro atoms. The lowest BCUT2D eigenvalue weighted by atomic mass is 10.0. The maximum Gasteiger partial charge on any atom is 0.0662 e. The highest BCUT2D eigenvalue weighted by Gasteiger charge is 2.27. The topological polar surface area (TPSA) is 13.1 Å². The standard InChI is InChI=1S/C48H33N3/c1-5-17-34(18-6-1)35-29-31-39(32-30-35)49(36-19-7-2-8-20-36)48-46-40-25-13-15-27-42(40)50(37-21-9-3-10-22-37)44(46)33-45-47(48)41-26-14-16-28-43(41)51(45)38-23-11-4-12-24-38/h1-33H. The lowest BCUT2D eigenvalue weighted by Crippen LogP contribution is -2.11. The van der Waals surface area contributed by atoms with Gasteiger partial charge in [0.25, 0.3) is 0 Å². The summed E-state index contributed by atoms with van der Waals surface area (Å²) in [5.41, 5.74) is 12.7. The van der Waals surface area contributed by atoms with Gasteiger partial charge in [0.15, 0.2) is 0 Å². The van der Waals surface area contributed by atoms with E-state index in [1.807, 2.05) is 0 Å². The van der Waals surface area contributed by atoms with Crippen LogP contribution in [0, 0.1) is 0 Å². The number of fused-ring (bicyclic) bond motifs is 6. The lowest BCUT2D eigenvalue weighted by molar-refractivity contribution is 1.16. The maximum absolute atomic E-state index is 2.48. The molecule has 10 aromatic rings. The summed E-state index contributed by atoms with van der Waals surface area (Å²) in [5, 5.41) is 4.86. The molecule has 0 atom stereocenters. The molecular weight excluding hydrogens is 619 g/mol. The van der Waals surface area contributed by atoms with Gasteiger partial charge in [-0.15, -0.1) is 0 Å². The summed E-state index contributed by atoms with van der Waals surface area (Å²) in [6.45, 7) is 0. The minimum atomic E-state index is 1.10. The van der Waals surface area contributed by atoms with E-state index >= 15 is 0 Å². The molecule has 2 aromatic heterocycles. The van der Waals surface area contributed by atoms with E-state index < -0.39 is 0 Å². The van der Waals surface area contributed by atoms with Gasteiger partial charge in [0.05, 0.1) is 27.8 Å². The van der Waals surface area contributed by atoms with E-state index in [1.54, 1.807) is 0 Å². The second-order valence-corrected chi connectivity index (χ2v) is 13.0. The SMILES string of the molecule is c1ccc(-c2ccc(N(c3ccccc3)c3c4c5ccccc5n(-c5ccccc5)c4cc4c3c3ccccc3n4-c3ccccc3)cc2)cc1. The quantitative estimate of drug-likeness (QED) is 0.174. The Hall–Kier alpha value is -6.84. The van der Waals surface area contributed by atoms with Crippen molar-refractivity contribution in [1.82, 2.24) is 9.13 Å². The molecule has 10 rings (SSSR count). The molecule has 0 bridgehead atoms. The van der Waals surface area contributed by atoms with Gasteiger partial charge in [-0.2, -0.15) is 0 Å². The predicted molar refractivity (Wildman–Crippen MR) is 215 cm³/mol. The number of aromatic nitrogens is 2. The summed E-state index contributed by atoms with van der Waals surface area (Å²) in [6, 6.07) is 72.1. The van der Waals surface area contributed by atoms with Crippen LogP contribution in [0.4, 0.5) is 17.1 Å². The van der Waals surface area contributed by atoms with Crippen molar-refractivity contribution in [3.05, 3.63) is 200 Å². The van der Waals surface area contributed by atoms with Gasteiger partial charge in [-0.1, -0.05) is 133 Å². The molecule has 2 heterocycles. The van der Waals surface area contributed by atoms with E-state index in [-0.39, 0.29) is 0 Å². The Bertz CT molecular complexity index is 2680. The first kappa shape index (κ1) is 29.1. The summed E-state index contributed by atoms with van der Waals surface area (Å²) in [5.74, 6) is 0. The molecule has 0 aliphatic rings. The molecule has 0 aliphatic carbocycles. The Labute approximate surface area is 296 Å². The van der Waals surface area contributed by atoms with Crippen LogP contribution in [0.15, 0.2) is 200 Å². The molecule has 0 aliphatic heterocycles. The van der Waals surface area contributed by atoms with Gasteiger partial charge < -0.3 is 14.0 Å². The second kappa shape index (κ2) is 11.9. The zero-order chi connectivity index (χ0) is 33.7. The number of benzene rings is 8. The van der Waals surface area contributed by atoms with Crippen molar-refractivity contribution in [2.75, 3.05) is 4.90 Å². The molecule has 0 saturated carbocycles. The second-order valence-electron chi connectivity index (χ2n) is 13.0. The van der Waals surface area contributed by atoms with Crippen molar-refractivity contribution < 1.29 is 0 Å². The third kappa shape index (κ3) is 4.67. The highest BCUT2D eigenvalue weighted by molar-refractivity contribution is 6.29. The van der Waals surface area contributed by atoms with Crippen LogP contribution in [0.2, 0.25) is 0 Å². The molecule has 3 heteroatoms. The summed E-state index contributed by atoms with van der Waals surface area (Å²) in [7, 11) is 0. The molecular formula is C48H33N3. The van der Waals surface area contributed by atoms with Crippen molar-refractivity contribution in [2.24, 2.45) is 0 Å². The van der Waals surface area contributed by atoms with E-state index in [0.29, 0.717) is 0 Å². The van der Waals surface area contributed by atoms with Crippen LogP contribution in [0.25, 0.3) is 66.1 Å².